The minimum atomic E-state index is -2.64. The van der Waals surface area contributed by atoms with E-state index in [0.29, 0.717) is 18.6 Å². The molecule has 0 N–H and O–H groups in total. The molecule has 0 aromatic heterocycles. The highest BCUT2D eigenvalue weighted by molar-refractivity contribution is 7.74. The molecule has 8 heteroatoms. The number of aryl methyl sites for hydroxylation is 1. The zero-order chi connectivity index (χ0) is 36.5. The summed E-state index contributed by atoms with van der Waals surface area (Å²) in [7, 11) is 0. The van der Waals surface area contributed by atoms with Gasteiger partial charge in [-0.15, -0.1) is 0 Å². The third-order valence-electron chi connectivity index (χ3n) is 9.85. The summed E-state index contributed by atoms with van der Waals surface area (Å²) in [6.07, 6.45) is 21.7. The number of benzene rings is 2. The van der Waals surface area contributed by atoms with E-state index in [1.54, 1.807) is 19.9 Å². The first-order chi connectivity index (χ1) is 23.7. The molecule has 0 fully saturated rings. The molecule has 4 rings (SSSR count). The molecule has 2 aliphatic heterocycles. The van der Waals surface area contributed by atoms with E-state index < -0.39 is 11.4 Å². The second-order valence-electron chi connectivity index (χ2n) is 14.6. The average Bonchev–Trinajstić information content (AvgIpc) is 3.37. The van der Waals surface area contributed by atoms with Gasteiger partial charge in [0, 0.05) is 60.3 Å². The molecule has 2 heterocycles. The third-order valence-corrected chi connectivity index (χ3v) is 10.2. The monoisotopic (exact) mass is 698 g/mol. The fourth-order valence-corrected chi connectivity index (χ4v) is 7.44. The van der Waals surface area contributed by atoms with Gasteiger partial charge in [0.2, 0.25) is 5.69 Å². The molecule has 0 amide bonds. The quantitative estimate of drug-likeness (QED) is 0.0668. The number of hydrogen-bond donors (Lipinski definition) is 0. The lowest BCUT2D eigenvalue weighted by Gasteiger charge is -2.27. The summed E-state index contributed by atoms with van der Waals surface area (Å²) in [6.45, 7) is 16.0. The fraction of sp³-hybridized carbons (Fsp3) is 0.452. The van der Waals surface area contributed by atoms with Crippen molar-refractivity contribution in [2.75, 3.05) is 18.0 Å². The van der Waals surface area contributed by atoms with E-state index in [9.17, 15) is 18.4 Å². The van der Waals surface area contributed by atoms with Crippen LogP contribution in [0.15, 0.2) is 84.6 Å². The van der Waals surface area contributed by atoms with Gasteiger partial charge in [-0.1, -0.05) is 68.3 Å². The lowest BCUT2D eigenvalue weighted by Crippen LogP contribution is -2.28. The van der Waals surface area contributed by atoms with Crippen LogP contribution in [0.4, 0.5) is 11.4 Å². The maximum Gasteiger partial charge on any atom is 0.210 e. The summed E-state index contributed by atoms with van der Waals surface area (Å²) in [4.78, 5) is 25.3. The van der Waals surface area contributed by atoms with Gasteiger partial charge in [0.25, 0.3) is 0 Å². The van der Waals surface area contributed by atoms with Crippen LogP contribution >= 0.6 is 0 Å². The molecule has 0 spiro atoms. The Balaban J connectivity index is 1.52. The van der Waals surface area contributed by atoms with Gasteiger partial charge < -0.3 is 23.2 Å². The largest absolute Gasteiger partial charge is 0.740 e. The van der Waals surface area contributed by atoms with E-state index in [1.165, 1.54) is 22.5 Å². The summed E-state index contributed by atoms with van der Waals surface area (Å²) >= 11 is -2.64. The van der Waals surface area contributed by atoms with Crippen molar-refractivity contribution >= 4 is 40.0 Å². The number of hydrogen-bond acceptors (Lipinski definition) is 6. The van der Waals surface area contributed by atoms with Crippen LogP contribution in [-0.4, -0.2) is 43.7 Å². The molecular formula is C42H54N2O5S. The van der Waals surface area contributed by atoms with Gasteiger partial charge in [-0.05, 0) is 90.1 Å². The second kappa shape index (κ2) is 17.4. The van der Waals surface area contributed by atoms with Gasteiger partial charge in [-0.25, -0.2) is 4.21 Å². The number of unbranched alkanes of at least 4 members (excludes halogenated alkanes) is 4. The smallest absolute Gasteiger partial charge is 0.210 e. The Hall–Kier alpha value is -3.88. The second-order valence-corrected chi connectivity index (χ2v) is 15.2. The molecular weight excluding hydrogens is 645 g/mol. The summed E-state index contributed by atoms with van der Waals surface area (Å²) in [5.41, 5.74) is 7.82. The summed E-state index contributed by atoms with van der Waals surface area (Å²) in [5, 5.41) is 0. The Labute approximate surface area is 302 Å². The van der Waals surface area contributed by atoms with E-state index in [2.05, 4.69) is 92.7 Å². The molecule has 0 bridgehead atoms. The van der Waals surface area contributed by atoms with Crippen molar-refractivity contribution in [2.45, 2.75) is 111 Å². The van der Waals surface area contributed by atoms with Crippen molar-refractivity contribution in [3.63, 3.8) is 0 Å². The molecule has 1 unspecified atom stereocenters. The lowest BCUT2D eigenvalue weighted by molar-refractivity contribution is -0.438. The van der Waals surface area contributed by atoms with Crippen LogP contribution in [0.1, 0.15) is 110 Å². The Morgan fingerprint density at radius 3 is 2.16 bits per heavy atom. The van der Waals surface area contributed by atoms with Crippen LogP contribution in [-0.2, 0) is 31.8 Å². The first kappa shape index (κ1) is 38.9. The number of nitrogens with zero attached hydrogens (tertiary/aromatic N) is 2. The van der Waals surface area contributed by atoms with Gasteiger partial charge in [-0.3, -0.25) is 0 Å². The molecule has 50 heavy (non-hydrogen) atoms. The predicted octanol–water partition coefficient (Wildman–Crippen LogP) is 9.19. The summed E-state index contributed by atoms with van der Waals surface area (Å²) in [6, 6.07) is 12.2. The SMILES string of the molecule is CC(=O)CCCCCN1/C(=C/C=C/C=C/C=C/C2=[N+](CCCCCC(C)=O)c3ccc(OS(=O)[O-])cc3C2(C)C)C(C)(C)c2cc(C)ccc21. The van der Waals surface area contributed by atoms with Crippen molar-refractivity contribution in [2.24, 2.45) is 0 Å². The molecule has 7 nitrogen and oxygen atoms in total. The topological polar surface area (TPSA) is 89.8 Å². The lowest BCUT2D eigenvalue weighted by atomic mass is 9.81. The minimum Gasteiger partial charge on any atom is -0.740 e. The molecule has 0 aliphatic carbocycles. The third kappa shape index (κ3) is 9.67. The molecule has 2 aromatic rings. The van der Waals surface area contributed by atoms with Crippen molar-refractivity contribution < 1.29 is 27.1 Å². The molecule has 0 saturated carbocycles. The maximum atomic E-state index is 11.4. The van der Waals surface area contributed by atoms with Crippen molar-refractivity contribution in [3.05, 3.63) is 101 Å². The molecule has 2 aliphatic rings. The minimum absolute atomic E-state index is 0.127. The highest BCUT2D eigenvalue weighted by Gasteiger charge is 2.44. The highest BCUT2D eigenvalue weighted by atomic mass is 32.2. The number of allylic oxidation sites excluding steroid dienone is 8. The Bertz CT molecular complexity index is 1740. The van der Waals surface area contributed by atoms with Gasteiger partial charge >= 0.3 is 0 Å². The number of carbonyl (C=O) groups excluding carboxylic acids is 2. The van der Waals surface area contributed by atoms with Gasteiger partial charge in [-0.2, -0.15) is 4.58 Å². The van der Waals surface area contributed by atoms with Crippen LogP contribution < -0.4 is 9.08 Å². The zero-order valence-corrected chi connectivity index (χ0v) is 31.7. The number of Topliss-reactive ketones (excluding diaryl/α,β-unsaturated/α-hetero) is 2. The first-order valence-corrected chi connectivity index (χ1v) is 18.9. The first-order valence-electron chi connectivity index (χ1n) is 17.9. The van der Waals surface area contributed by atoms with Crippen molar-refractivity contribution in [1.82, 2.24) is 0 Å². The van der Waals surface area contributed by atoms with Crippen molar-refractivity contribution in [1.29, 1.82) is 0 Å². The van der Waals surface area contributed by atoms with Crippen LogP contribution in [0.25, 0.3) is 0 Å². The maximum absolute atomic E-state index is 11.4. The Morgan fingerprint density at radius 2 is 1.48 bits per heavy atom. The molecule has 2 aromatic carbocycles. The zero-order valence-electron chi connectivity index (χ0n) is 30.9. The van der Waals surface area contributed by atoms with E-state index in [4.69, 9.17) is 4.18 Å². The van der Waals surface area contributed by atoms with E-state index in [0.717, 1.165) is 68.6 Å². The van der Waals surface area contributed by atoms with Gasteiger partial charge in [0.05, 0.1) is 5.41 Å². The number of fused-ring (bicyclic) bond motifs is 2. The summed E-state index contributed by atoms with van der Waals surface area (Å²) in [5.74, 6) is 0.772. The number of rotatable bonds is 18. The standard InChI is InChI=1S/C42H54N2O5S/c1-31-23-25-37-35(29-31)41(4,5)39(43(37)27-17-11-13-19-32(2)45)21-15-9-8-10-16-22-40-42(6,7)36-30-34(49-50(47)48)24-26-38(36)44(40)28-18-12-14-20-33(3)46/h8-10,15-16,21-26,29-30H,11-14,17-20,27-28H2,1-7H3. The number of anilines is 1. The van der Waals surface area contributed by atoms with E-state index in [-0.39, 0.29) is 22.4 Å². The van der Waals surface area contributed by atoms with Crippen LogP contribution in [0.3, 0.4) is 0 Å². The Kier molecular flexibility index (Phi) is 13.5. The summed E-state index contributed by atoms with van der Waals surface area (Å²) < 4.78 is 29.8. The molecule has 0 radical (unpaired) electrons. The number of ketones is 2. The highest BCUT2D eigenvalue weighted by Crippen LogP contribution is 2.48. The molecule has 0 saturated heterocycles. The van der Waals surface area contributed by atoms with Crippen LogP contribution in [0.5, 0.6) is 5.75 Å². The van der Waals surface area contributed by atoms with Crippen LogP contribution in [0, 0.1) is 6.92 Å². The molecule has 1 atom stereocenters. The number of carbonyl (C=O) groups is 2. The normalized spacial score (nSPS) is 17.8. The predicted molar refractivity (Wildman–Crippen MR) is 204 cm³/mol. The van der Waals surface area contributed by atoms with Gasteiger partial charge in [0.15, 0.2) is 5.71 Å². The van der Waals surface area contributed by atoms with E-state index >= 15 is 0 Å². The Morgan fingerprint density at radius 1 is 0.820 bits per heavy atom. The van der Waals surface area contributed by atoms with Crippen molar-refractivity contribution in [3.8, 4) is 5.75 Å². The molecule has 268 valence electrons. The van der Waals surface area contributed by atoms with Crippen LogP contribution in [0.2, 0.25) is 0 Å². The van der Waals surface area contributed by atoms with E-state index in [1.807, 2.05) is 24.3 Å². The van der Waals surface area contributed by atoms with Gasteiger partial charge in [0.1, 0.15) is 35.2 Å². The average molecular weight is 699 g/mol. The fourth-order valence-electron chi connectivity index (χ4n) is 7.18.